The number of hydrogen-bond donors (Lipinski definition) is 0. The number of nitrogens with zero attached hydrogens (tertiary/aromatic N) is 1. The molecular weight excluding hydrogens is 170 g/mol. The van der Waals surface area contributed by atoms with Gasteiger partial charge >= 0.3 is 0 Å². The first-order chi connectivity index (χ1) is 6.74. The van der Waals surface area contributed by atoms with Crippen LogP contribution in [0.2, 0.25) is 0 Å². The second-order valence-electron chi connectivity index (χ2n) is 3.40. The van der Waals surface area contributed by atoms with E-state index in [-0.39, 0.29) is 0 Å². The van der Waals surface area contributed by atoms with Gasteiger partial charge < -0.3 is 0 Å². The van der Waals surface area contributed by atoms with Crippen LogP contribution in [0.25, 0.3) is 0 Å². The minimum absolute atomic E-state index is 0.715. The lowest BCUT2D eigenvalue weighted by molar-refractivity contribution is 0.544. The van der Waals surface area contributed by atoms with Gasteiger partial charge in [-0.15, -0.1) is 0 Å². The summed E-state index contributed by atoms with van der Waals surface area (Å²) in [7, 11) is 0. The van der Waals surface area contributed by atoms with Gasteiger partial charge in [0.15, 0.2) is 0 Å². The Kier molecular flexibility index (Phi) is 7.55. The Morgan fingerprint density at radius 2 is 1.64 bits per heavy atom. The van der Waals surface area contributed by atoms with Crippen LogP contribution in [0.4, 0.5) is 0 Å². The zero-order chi connectivity index (χ0) is 10.8. The minimum Gasteiger partial charge on any atom is -0.192 e. The molecule has 0 aliphatic heterocycles. The molecule has 0 aliphatic carbocycles. The van der Waals surface area contributed by atoms with E-state index < -0.39 is 0 Å². The van der Waals surface area contributed by atoms with Gasteiger partial charge in [-0.1, -0.05) is 51.8 Å². The Morgan fingerprint density at radius 3 is 1.86 bits per heavy atom. The molecule has 1 heteroatoms. The van der Waals surface area contributed by atoms with Gasteiger partial charge in [-0.3, -0.25) is 0 Å². The van der Waals surface area contributed by atoms with Crippen molar-refractivity contribution in [3.63, 3.8) is 0 Å². The maximum atomic E-state index is 8.29. The van der Waals surface area contributed by atoms with Crippen LogP contribution in [0.1, 0.15) is 39.2 Å². The van der Waals surface area contributed by atoms with E-state index in [1.165, 1.54) is 12.8 Å². The smallest absolute Gasteiger partial charge is 0.0991 e. The number of nitriles is 1. The highest BCUT2D eigenvalue weighted by molar-refractivity contribution is 5.27. The van der Waals surface area contributed by atoms with Crippen molar-refractivity contribution < 1.29 is 0 Å². The Bertz CT molecular complexity index is 254. The van der Waals surface area contributed by atoms with E-state index in [2.05, 4.69) is 20.8 Å². The second kappa shape index (κ2) is 8.31. The zero-order valence-electron chi connectivity index (χ0n) is 9.33. The third-order valence-corrected chi connectivity index (χ3v) is 2.30. The van der Waals surface area contributed by atoms with Crippen molar-refractivity contribution >= 4 is 0 Å². The molecule has 0 aromatic heterocycles. The third-order valence-electron chi connectivity index (χ3n) is 2.30. The molecular formula is C13H19N. The van der Waals surface area contributed by atoms with Gasteiger partial charge in [0.05, 0.1) is 11.6 Å². The number of benzene rings is 1. The average Bonchev–Trinajstić information content (AvgIpc) is 2.30. The van der Waals surface area contributed by atoms with Crippen molar-refractivity contribution in [1.82, 2.24) is 0 Å². The fourth-order valence-corrected chi connectivity index (χ4v) is 0.801. The van der Waals surface area contributed by atoms with Gasteiger partial charge in [0.1, 0.15) is 0 Å². The fourth-order valence-electron chi connectivity index (χ4n) is 0.801. The highest BCUT2D eigenvalue weighted by Crippen LogP contribution is 2.02. The molecule has 1 aromatic rings. The van der Waals surface area contributed by atoms with Gasteiger partial charge in [-0.25, -0.2) is 0 Å². The van der Waals surface area contributed by atoms with Crippen molar-refractivity contribution in [2.75, 3.05) is 0 Å². The van der Waals surface area contributed by atoms with E-state index in [0.717, 1.165) is 5.92 Å². The SMILES string of the molecule is CCC(C)CC.N#Cc1ccccc1. The molecule has 0 atom stereocenters. The summed E-state index contributed by atoms with van der Waals surface area (Å²) in [5.74, 6) is 0.935. The maximum absolute atomic E-state index is 8.29. The first kappa shape index (κ1) is 12.7. The average molecular weight is 189 g/mol. The molecule has 0 radical (unpaired) electrons. The lowest BCUT2D eigenvalue weighted by Gasteiger charge is -1.98. The molecule has 0 bridgehead atoms. The van der Waals surface area contributed by atoms with Crippen LogP contribution in [-0.2, 0) is 0 Å². The van der Waals surface area contributed by atoms with E-state index in [9.17, 15) is 0 Å². The molecule has 76 valence electrons. The van der Waals surface area contributed by atoms with Gasteiger partial charge in [-0.05, 0) is 18.1 Å². The molecule has 1 aromatic carbocycles. The predicted octanol–water partition coefficient (Wildman–Crippen LogP) is 4.00. The van der Waals surface area contributed by atoms with Crippen molar-refractivity contribution in [3.8, 4) is 6.07 Å². The minimum atomic E-state index is 0.715. The van der Waals surface area contributed by atoms with E-state index in [0.29, 0.717) is 5.56 Å². The summed E-state index contributed by atoms with van der Waals surface area (Å²) in [4.78, 5) is 0. The Labute approximate surface area is 87.4 Å². The van der Waals surface area contributed by atoms with Crippen LogP contribution in [0.15, 0.2) is 30.3 Å². The van der Waals surface area contributed by atoms with E-state index in [1.54, 1.807) is 12.1 Å². The fraction of sp³-hybridized carbons (Fsp3) is 0.462. The normalized spacial score (nSPS) is 8.79. The molecule has 1 nitrogen and oxygen atoms in total. The standard InChI is InChI=1S/C7H5N.C6H14/c8-6-7-4-2-1-3-5-7;1-4-6(3)5-2/h1-5H;6H,4-5H2,1-3H3. The molecule has 0 saturated carbocycles. The summed E-state index contributed by atoms with van der Waals surface area (Å²) in [5.41, 5.74) is 0.715. The summed E-state index contributed by atoms with van der Waals surface area (Å²) < 4.78 is 0. The first-order valence-electron chi connectivity index (χ1n) is 5.19. The number of rotatable bonds is 2. The highest BCUT2D eigenvalue weighted by atomic mass is 14.2. The van der Waals surface area contributed by atoms with Crippen LogP contribution in [0, 0.1) is 17.2 Å². The maximum Gasteiger partial charge on any atom is 0.0991 e. The lowest BCUT2D eigenvalue weighted by Crippen LogP contribution is -1.85. The van der Waals surface area contributed by atoms with E-state index >= 15 is 0 Å². The highest BCUT2D eigenvalue weighted by Gasteiger charge is 1.88. The van der Waals surface area contributed by atoms with E-state index in [1.807, 2.05) is 24.3 Å². The second-order valence-corrected chi connectivity index (χ2v) is 3.40. The summed E-state index contributed by atoms with van der Waals surface area (Å²) >= 11 is 0. The topological polar surface area (TPSA) is 23.8 Å². The van der Waals surface area contributed by atoms with Gasteiger partial charge in [0, 0.05) is 0 Å². The van der Waals surface area contributed by atoms with Crippen LogP contribution in [0.5, 0.6) is 0 Å². The molecule has 0 heterocycles. The molecule has 0 N–H and O–H groups in total. The van der Waals surface area contributed by atoms with Crippen molar-refractivity contribution in [2.45, 2.75) is 33.6 Å². The van der Waals surface area contributed by atoms with Crippen molar-refractivity contribution in [3.05, 3.63) is 35.9 Å². The van der Waals surface area contributed by atoms with Crippen LogP contribution < -0.4 is 0 Å². The van der Waals surface area contributed by atoms with Crippen LogP contribution >= 0.6 is 0 Å². The van der Waals surface area contributed by atoms with Gasteiger partial charge in [0.25, 0.3) is 0 Å². The summed E-state index contributed by atoms with van der Waals surface area (Å²) in [6.45, 7) is 6.74. The lowest BCUT2D eigenvalue weighted by atomic mass is 10.1. The van der Waals surface area contributed by atoms with Crippen LogP contribution in [-0.4, -0.2) is 0 Å². The van der Waals surface area contributed by atoms with Crippen LogP contribution in [0.3, 0.4) is 0 Å². The predicted molar refractivity (Wildman–Crippen MR) is 60.9 cm³/mol. The Morgan fingerprint density at radius 1 is 1.14 bits per heavy atom. The largest absolute Gasteiger partial charge is 0.192 e. The van der Waals surface area contributed by atoms with E-state index in [4.69, 9.17) is 5.26 Å². The monoisotopic (exact) mass is 189 g/mol. The number of hydrogen-bond acceptors (Lipinski definition) is 1. The quantitative estimate of drug-likeness (QED) is 0.689. The van der Waals surface area contributed by atoms with Gasteiger partial charge in [0.2, 0.25) is 0 Å². The summed E-state index contributed by atoms with van der Waals surface area (Å²) in [6.07, 6.45) is 2.66. The molecule has 0 fully saturated rings. The summed E-state index contributed by atoms with van der Waals surface area (Å²) in [6, 6.07) is 11.2. The molecule has 14 heavy (non-hydrogen) atoms. The molecule has 0 saturated heterocycles. The van der Waals surface area contributed by atoms with Crippen molar-refractivity contribution in [2.24, 2.45) is 5.92 Å². The molecule has 0 unspecified atom stereocenters. The Hall–Kier alpha value is -1.29. The van der Waals surface area contributed by atoms with Crippen molar-refractivity contribution in [1.29, 1.82) is 5.26 Å². The zero-order valence-corrected chi connectivity index (χ0v) is 9.33. The molecule has 0 aliphatic rings. The molecule has 0 spiro atoms. The van der Waals surface area contributed by atoms with Gasteiger partial charge in [-0.2, -0.15) is 5.26 Å². The molecule has 0 amide bonds. The molecule has 1 rings (SSSR count). The Balaban J connectivity index is 0.000000255. The first-order valence-corrected chi connectivity index (χ1v) is 5.19. The third kappa shape index (κ3) is 6.25. The summed E-state index contributed by atoms with van der Waals surface area (Å²) in [5, 5.41) is 8.29.